The molecule has 0 bridgehead atoms. The quantitative estimate of drug-likeness (QED) is 0.354. The topological polar surface area (TPSA) is 70.2 Å². The fraction of sp³-hybridized carbons (Fsp3) is 0.276. The molecular formula is C29H31ClFN3O4S. The van der Waals surface area contributed by atoms with Crippen LogP contribution in [0.5, 0.6) is 5.75 Å². The first-order valence-corrected chi connectivity index (χ1v) is 14.4. The minimum Gasteiger partial charge on any atom is -0.496 e. The summed E-state index contributed by atoms with van der Waals surface area (Å²) in [6.45, 7) is 3.09. The summed E-state index contributed by atoms with van der Waals surface area (Å²) >= 11 is 6.13. The lowest BCUT2D eigenvalue weighted by atomic mass is 10.1. The minimum absolute atomic E-state index is 0.0810. The van der Waals surface area contributed by atoms with Crippen molar-refractivity contribution in [2.45, 2.75) is 4.90 Å². The molecule has 3 aromatic rings. The molecule has 0 aliphatic carbocycles. The summed E-state index contributed by atoms with van der Waals surface area (Å²) in [5, 5.41) is 0.490. The third-order valence-corrected chi connectivity index (χ3v) is 8.74. The predicted octanol–water partition coefficient (Wildman–Crippen LogP) is 4.65. The highest BCUT2D eigenvalue weighted by Gasteiger charge is 2.28. The van der Waals surface area contributed by atoms with Crippen molar-refractivity contribution in [3.8, 4) is 5.75 Å². The zero-order valence-electron chi connectivity index (χ0n) is 21.7. The van der Waals surface area contributed by atoms with Gasteiger partial charge in [-0.05, 0) is 48.5 Å². The molecule has 0 unspecified atom stereocenters. The molecule has 7 nitrogen and oxygen atoms in total. The summed E-state index contributed by atoms with van der Waals surface area (Å²) < 4.78 is 45.9. The van der Waals surface area contributed by atoms with Gasteiger partial charge in [0, 0.05) is 62.0 Å². The number of methoxy groups -OCH3 is 1. The van der Waals surface area contributed by atoms with Gasteiger partial charge in [0.15, 0.2) is 0 Å². The van der Waals surface area contributed by atoms with Crippen molar-refractivity contribution in [1.82, 2.24) is 14.1 Å². The average Bonchev–Trinajstić information content (AvgIpc) is 2.95. The maximum Gasteiger partial charge on any atom is 0.254 e. The molecular weight excluding hydrogens is 541 g/mol. The number of hydrogen-bond acceptors (Lipinski definition) is 5. The van der Waals surface area contributed by atoms with Crippen LogP contribution < -0.4 is 4.74 Å². The van der Waals surface area contributed by atoms with E-state index in [0.717, 1.165) is 23.4 Å². The van der Waals surface area contributed by atoms with E-state index >= 15 is 0 Å². The molecule has 1 aliphatic heterocycles. The van der Waals surface area contributed by atoms with Crippen molar-refractivity contribution in [3.05, 3.63) is 101 Å². The molecule has 1 fully saturated rings. The molecule has 0 radical (unpaired) electrons. The number of sulfonamides is 1. The molecule has 39 heavy (non-hydrogen) atoms. The Morgan fingerprint density at radius 3 is 2.44 bits per heavy atom. The zero-order chi connectivity index (χ0) is 27.8. The molecule has 0 spiro atoms. The highest BCUT2D eigenvalue weighted by molar-refractivity contribution is 7.89. The standard InChI is InChI=1S/C29H31ClFN3O4S/c1-38-28-10-3-2-6-23(28)8-5-15-33(29(35)24-7-4-9-25(30)22-24)19-16-32-17-20-34(21-18-32)39(36,37)27-13-11-26(31)12-14-27/h2-14,22H,15-21H2,1H3. The monoisotopic (exact) mass is 571 g/mol. The number of para-hydroxylation sites is 1. The Kier molecular flexibility index (Phi) is 9.74. The van der Waals surface area contributed by atoms with E-state index < -0.39 is 15.8 Å². The lowest BCUT2D eigenvalue weighted by Gasteiger charge is -2.35. The summed E-state index contributed by atoms with van der Waals surface area (Å²) in [6, 6.07) is 19.4. The second-order valence-corrected chi connectivity index (χ2v) is 11.5. The summed E-state index contributed by atoms with van der Waals surface area (Å²) in [5.74, 6) is 0.128. The van der Waals surface area contributed by atoms with Gasteiger partial charge in [0.2, 0.25) is 10.0 Å². The number of carbonyl (C=O) groups is 1. The lowest BCUT2D eigenvalue weighted by Crippen LogP contribution is -2.50. The first-order chi connectivity index (χ1) is 18.8. The Hall–Kier alpha value is -3.24. The molecule has 0 atom stereocenters. The second-order valence-electron chi connectivity index (χ2n) is 9.11. The smallest absolute Gasteiger partial charge is 0.254 e. The van der Waals surface area contributed by atoms with Crippen LogP contribution in [0.1, 0.15) is 15.9 Å². The highest BCUT2D eigenvalue weighted by atomic mass is 35.5. The second kappa shape index (κ2) is 13.2. The third kappa shape index (κ3) is 7.45. The van der Waals surface area contributed by atoms with Gasteiger partial charge in [0.1, 0.15) is 11.6 Å². The van der Waals surface area contributed by atoms with E-state index in [1.54, 1.807) is 36.3 Å². The Morgan fingerprint density at radius 2 is 1.74 bits per heavy atom. The number of rotatable bonds is 10. The van der Waals surface area contributed by atoms with Gasteiger partial charge in [-0.15, -0.1) is 0 Å². The lowest BCUT2D eigenvalue weighted by molar-refractivity contribution is 0.0745. The zero-order valence-corrected chi connectivity index (χ0v) is 23.2. The Labute approximate surface area is 234 Å². The summed E-state index contributed by atoms with van der Waals surface area (Å²) in [6.07, 6.45) is 3.85. The molecule has 206 valence electrons. The van der Waals surface area contributed by atoms with Gasteiger partial charge in [-0.25, -0.2) is 12.8 Å². The van der Waals surface area contributed by atoms with Gasteiger partial charge in [-0.1, -0.05) is 48.0 Å². The molecule has 10 heteroatoms. The molecule has 1 amide bonds. The van der Waals surface area contributed by atoms with Crippen LogP contribution in [-0.2, 0) is 10.0 Å². The van der Waals surface area contributed by atoms with Gasteiger partial charge in [-0.2, -0.15) is 4.31 Å². The number of halogens is 2. The first kappa shape index (κ1) is 28.8. The molecule has 1 saturated heterocycles. The SMILES string of the molecule is COc1ccccc1C=CCN(CCN1CCN(S(=O)(=O)c2ccc(F)cc2)CC1)C(=O)c1cccc(Cl)c1. The normalized spacial score (nSPS) is 14.9. The number of benzene rings is 3. The van der Waals surface area contributed by atoms with Crippen LogP contribution in [0.25, 0.3) is 6.08 Å². The van der Waals surface area contributed by atoms with Crippen LogP contribution in [0.3, 0.4) is 0 Å². The molecule has 0 saturated carbocycles. The van der Waals surface area contributed by atoms with Crippen molar-refractivity contribution < 1.29 is 22.3 Å². The van der Waals surface area contributed by atoms with Crippen molar-refractivity contribution in [2.75, 3.05) is 52.9 Å². The van der Waals surface area contributed by atoms with Crippen LogP contribution in [0.2, 0.25) is 5.02 Å². The largest absolute Gasteiger partial charge is 0.496 e. The van der Waals surface area contributed by atoms with E-state index in [2.05, 4.69) is 4.90 Å². The van der Waals surface area contributed by atoms with Crippen LogP contribution in [-0.4, -0.2) is 81.4 Å². The third-order valence-electron chi connectivity index (χ3n) is 6.59. The van der Waals surface area contributed by atoms with Crippen molar-refractivity contribution in [2.24, 2.45) is 0 Å². The number of hydrogen-bond donors (Lipinski definition) is 0. The van der Waals surface area contributed by atoms with Gasteiger partial charge >= 0.3 is 0 Å². The van der Waals surface area contributed by atoms with E-state index in [4.69, 9.17) is 16.3 Å². The molecule has 0 aromatic heterocycles. The van der Waals surface area contributed by atoms with Crippen molar-refractivity contribution in [1.29, 1.82) is 0 Å². The van der Waals surface area contributed by atoms with Crippen molar-refractivity contribution in [3.63, 3.8) is 0 Å². The molecule has 3 aromatic carbocycles. The van der Waals surface area contributed by atoms with Crippen LogP contribution in [0.4, 0.5) is 4.39 Å². The van der Waals surface area contributed by atoms with Gasteiger partial charge in [0.05, 0.1) is 12.0 Å². The Morgan fingerprint density at radius 1 is 1.03 bits per heavy atom. The summed E-state index contributed by atoms with van der Waals surface area (Å²) in [7, 11) is -2.07. The molecule has 0 N–H and O–H groups in total. The van der Waals surface area contributed by atoms with Gasteiger partial charge in [-0.3, -0.25) is 9.69 Å². The molecule has 1 aliphatic rings. The van der Waals surface area contributed by atoms with Crippen LogP contribution in [0.15, 0.2) is 83.8 Å². The Balaban J connectivity index is 1.40. The van der Waals surface area contributed by atoms with E-state index in [1.807, 2.05) is 36.4 Å². The van der Waals surface area contributed by atoms with Crippen LogP contribution in [0, 0.1) is 5.82 Å². The highest BCUT2D eigenvalue weighted by Crippen LogP contribution is 2.20. The van der Waals surface area contributed by atoms with Gasteiger partial charge < -0.3 is 9.64 Å². The number of piperazine rings is 1. The maximum absolute atomic E-state index is 13.4. The van der Waals surface area contributed by atoms with E-state index in [0.29, 0.717) is 56.4 Å². The summed E-state index contributed by atoms with van der Waals surface area (Å²) in [4.78, 5) is 17.3. The molecule has 1 heterocycles. The fourth-order valence-corrected chi connectivity index (χ4v) is 6.01. The molecule has 4 rings (SSSR count). The van der Waals surface area contributed by atoms with E-state index in [1.165, 1.54) is 16.4 Å². The van der Waals surface area contributed by atoms with Crippen LogP contribution >= 0.6 is 11.6 Å². The summed E-state index contributed by atoms with van der Waals surface area (Å²) in [5.41, 5.74) is 1.41. The van der Waals surface area contributed by atoms with E-state index in [9.17, 15) is 17.6 Å². The average molecular weight is 572 g/mol. The fourth-order valence-electron chi connectivity index (χ4n) is 4.40. The minimum atomic E-state index is -3.69. The van der Waals surface area contributed by atoms with Gasteiger partial charge in [0.25, 0.3) is 5.91 Å². The van der Waals surface area contributed by atoms with Crippen molar-refractivity contribution >= 4 is 33.6 Å². The maximum atomic E-state index is 13.4. The number of carbonyl (C=O) groups excluding carboxylic acids is 1. The first-order valence-electron chi connectivity index (χ1n) is 12.6. The Bertz CT molecular complexity index is 1410. The number of amides is 1. The van der Waals surface area contributed by atoms with E-state index in [-0.39, 0.29) is 10.8 Å². The number of ether oxygens (including phenoxy) is 1. The number of nitrogens with zero attached hydrogens (tertiary/aromatic N) is 3. The predicted molar refractivity (Wildman–Crippen MR) is 151 cm³/mol.